The Morgan fingerprint density at radius 1 is 1.12 bits per heavy atom. The Morgan fingerprint density at radius 2 is 1.74 bits per heavy atom. The van der Waals surface area contributed by atoms with Gasteiger partial charge < -0.3 is 30.1 Å². The van der Waals surface area contributed by atoms with Gasteiger partial charge in [-0.2, -0.15) is 4.31 Å². The zero-order chi connectivity index (χ0) is 31.3. The number of carbonyl (C=O) groups is 2. The second-order valence-corrected chi connectivity index (χ2v) is 12.4. The number of anilines is 2. The quantitative estimate of drug-likeness (QED) is 0.331. The van der Waals surface area contributed by atoms with E-state index in [0.29, 0.717) is 11.4 Å². The van der Waals surface area contributed by atoms with Gasteiger partial charge in [0.15, 0.2) is 0 Å². The summed E-state index contributed by atoms with van der Waals surface area (Å²) in [6.45, 7) is 3.43. The molecule has 3 aromatic carbocycles. The summed E-state index contributed by atoms with van der Waals surface area (Å²) in [6, 6.07) is 14.7. The molecule has 1 aliphatic rings. The van der Waals surface area contributed by atoms with E-state index < -0.39 is 39.9 Å². The Kier molecular flexibility index (Phi) is 9.89. The molecular formula is C30H35FN4O7S. The molecule has 0 aliphatic carbocycles. The fourth-order valence-corrected chi connectivity index (χ4v) is 5.81. The van der Waals surface area contributed by atoms with Gasteiger partial charge in [0.25, 0.3) is 5.91 Å². The summed E-state index contributed by atoms with van der Waals surface area (Å²) in [6.07, 6.45) is -0.668. The lowest BCUT2D eigenvalue weighted by molar-refractivity contribution is 0.0387. The molecule has 43 heavy (non-hydrogen) atoms. The largest absolute Gasteiger partial charge is 0.497 e. The monoisotopic (exact) mass is 614 g/mol. The summed E-state index contributed by atoms with van der Waals surface area (Å²) in [5, 5.41) is 15.1. The van der Waals surface area contributed by atoms with Crippen molar-refractivity contribution in [1.82, 2.24) is 9.21 Å². The molecule has 0 bridgehead atoms. The predicted octanol–water partition coefficient (Wildman–Crippen LogP) is 4.02. The molecule has 230 valence electrons. The average molecular weight is 615 g/mol. The van der Waals surface area contributed by atoms with Crippen molar-refractivity contribution < 1.29 is 37.0 Å². The van der Waals surface area contributed by atoms with Crippen molar-refractivity contribution in [3.8, 4) is 11.5 Å². The van der Waals surface area contributed by atoms with Gasteiger partial charge in [-0.1, -0.05) is 6.92 Å². The molecule has 0 aromatic heterocycles. The summed E-state index contributed by atoms with van der Waals surface area (Å²) in [5.41, 5.74) is 0.798. The van der Waals surface area contributed by atoms with Crippen LogP contribution in [0, 0.1) is 11.7 Å². The van der Waals surface area contributed by atoms with Crippen LogP contribution in [0.1, 0.15) is 24.2 Å². The Hall–Kier alpha value is -4.20. The maximum Gasteiger partial charge on any atom is 0.323 e. The minimum absolute atomic E-state index is 0.0232. The first-order chi connectivity index (χ1) is 20.4. The van der Waals surface area contributed by atoms with Crippen LogP contribution in [0.25, 0.3) is 0 Å². The number of aliphatic hydroxyl groups excluding tert-OH is 1. The van der Waals surface area contributed by atoms with Gasteiger partial charge in [0, 0.05) is 30.9 Å². The standard InChI is InChI=1S/C30H35FN4O7S/c1-19-16-35(20(2)18-36)29(37)26-15-23(33-30(38)32-22-7-5-21(31)6-8-22)9-14-27(26)42-28(19)17-34(3)43(39,40)25-12-10-24(41-4)11-13-25/h5-15,19-20,28,36H,16-18H2,1-4H3,(H2,32,33,38)/t19-,20+,28+/m0/s1. The second kappa shape index (κ2) is 13.4. The Labute approximate surface area is 250 Å². The minimum Gasteiger partial charge on any atom is -0.497 e. The van der Waals surface area contributed by atoms with E-state index in [4.69, 9.17) is 9.47 Å². The Balaban J connectivity index is 1.60. The molecule has 11 nitrogen and oxygen atoms in total. The van der Waals surface area contributed by atoms with Gasteiger partial charge in [0.2, 0.25) is 10.0 Å². The molecule has 0 saturated carbocycles. The van der Waals surface area contributed by atoms with E-state index in [0.717, 1.165) is 0 Å². The average Bonchev–Trinajstić information content (AvgIpc) is 2.99. The lowest BCUT2D eigenvalue weighted by atomic mass is 9.99. The van der Waals surface area contributed by atoms with Crippen molar-refractivity contribution >= 4 is 33.3 Å². The van der Waals surface area contributed by atoms with Crippen molar-refractivity contribution in [2.24, 2.45) is 5.92 Å². The van der Waals surface area contributed by atoms with Crippen LogP contribution >= 0.6 is 0 Å². The highest BCUT2D eigenvalue weighted by molar-refractivity contribution is 7.89. The molecule has 0 fully saturated rings. The maximum absolute atomic E-state index is 13.7. The highest BCUT2D eigenvalue weighted by atomic mass is 32.2. The third-order valence-corrected chi connectivity index (χ3v) is 9.07. The molecule has 0 unspecified atom stereocenters. The number of rotatable bonds is 9. The number of carbonyl (C=O) groups excluding carboxylic acids is 2. The van der Waals surface area contributed by atoms with Gasteiger partial charge in [-0.25, -0.2) is 17.6 Å². The van der Waals surface area contributed by atoms with Gasteiger partial charge >= 0.3 is 6.03 Å². The number of halogens is 1. The van der Waals surface area contributed by atoms with Crippen molar-refractivity contribution in [3.05, 3.63) is 78.1 Å². The first-order valence-corrected chi connectivity index (χ1v) is 15.0. The number of methoxy groups -OCH3 is 1. The number of nitrogens with one attached hydrogen (secondary N) is 2. The van der Waals surface area contributed by atoms with Crippen LogP contribution in [-0.4, -0.2) is 80.7 Å². The number of sulfonamides is 1. The minimum atomic E-state index is -3.88. The number of hydrogen-bond acceptors (Lipinski definition) is 7. The lowest BCUT2D eigenvalue weighted by Gasteiger charge is -2.38. The van der Waals surface area contributed by atoms with Gasteiger partial charge in [0.05, 0.1) is 36.8 Å². The first-order valence-electron chi connectivity index (χ1n) is 13.6. The number of aliphatic hydroxyl groups is 1. The van der Waals surface area contributed by atoms with Crippen LogP contribution in [0.15, 0.2) is 71.6 Å². The number of benzene rings is 3. The summed E-state index contributed by atoms with van der Waals surface area (Å²) in [7, 11) is -0.923. The molecule has 0 spiro atoms. The van der Waals surface area contributed by atoms with Crippen molar-refractivity contribution in [2.45, 2.75) is 30.9 Å². The van der Waals surface area contributed by atoms with E-state index in [2.05, 4.69) is 10.6 Å². The molecule has 0 saturated heterocycles. The summed E-state index contributed by atoms with van der Waals surface area (Å²) >= 11 is 0. The normalized spacial score (nSPS) is 17.7. The summed E-state index contributed by atoms with van der Waals surface area (Å²) in [4.78, 5) is 27.9. The van der Waals surface area contributed by atoms with Crippen LogP contribution in [-0.2, 0) is 10.0 Å². The zero-order valence-corrected chi connectivity index (χ0v) is 25.1. The van der Waals surface area contributed by atoms with E-state index in [1.54, 1.807) is 25.1 Å². The SMILES string of the molecule is COc1ccc(S(=O)(=O)N(C)C[C@H]2Oc3ccc(NC(=O)Nc4ccc(F)cc4)cc3C(=O)N([C@H](C)CO)C[C@@H]2C)cc1. The van der Waals surface area contributed by atoms with Crippen LogP contribution in [0.4, 0.5) is 20.6 Å². The first kappa shape index (κ1) is 31.7. The summed E-state index contributed by atoms with van der Waals surface area (Å²) in [5.74, 6) is -0.441. The number of fused-ring (bicyclic) bond motifs is 1. The van der Waals surface area contributed by atoms with Crippen LogP contribution < -0.4 is 20.1 Å². The maximum atomic E-state index is 13.7. The third kappa shape index (κ3) is 7.42. The molecule has 4 rings (SSSR count). The Morgan fingerprint density at radius 3 is 2.37 bits per heavy atom. The molecule has 3 aromatic rings. The number of likely N-dealkylation sites (N-methyl/N-ethyl adjacent to an activating group) is 1. The highest BCUT2D eigenvalue weighted by Gasteiger charge is 2.35. The van der Waals surface area contributed by atoms with Gasteiger partial charge in [-0.3, -0.25) is 4.79 Å². The van der Waals surface area contributed by atoms with Gasteiger partial charge in [-0.15, -0.1) is 0 Å². The topological polar surface area (TPSA) is 138 Å². The van der Waals surface area contributed by atoms with Crippen molar-refractivity contribution in [2.75, 3.05) is 44.5 Å². The molecular weight excluding hydrogens is 579 g/mol. The molecule has 1 heterocycles. The smallest absolute Gasteiger partial charge is 0.323 e. The van der Waals surface area contributed by atoms with Gasteiger partial charge in [-0.05, 0) is 73.7 Å². The second-order valence-electron chi connectivity index (χ2n) is 10.4. The van der Waals surface area contributed by atoms with Crippen molar-refractivity contribution in [1.29, 1.82) is 0 Å². The number of nitrogens with zero attached hydrogens (tertiary/aromatic N) is 2. The van der Waals surface area contributed by atoms with Crippen LogP contribution in [0.3, 0.4) is 0 Å². The highest BCUT2D eigenvalue weighted by Crippen LogP contribution is 2.31. The third-order valence-electron chi connectivity index (χ3n) is 7.23. The Bertz CT molecular complexity index is 1550. The molecule has 3 amide bonds. The van der Waals surface area contributed by atoms with E-state index in [9.17, 15) is 27.5 Å². The predicted molar refractivity (Wildman–Crippen MR) is 159 cm³/mol. The fourth-order valence-electron chi connectivity index (χ4n) is 4.62. The molecule has 13 heteroatoms. The number of hydrogen-bond donors (Lipinski definition) is 3. The lowest BCUT2D eigenvalue weighted by Crippen LogP contribution is -2.50. The van der Waals surface area contributed by atoms with E-state index in [-0.39, 0.29) is 47.5 Å². The van der Waals surface area contributed by atoms with Crippen molar-refractivity contribution in [3.63, 3.8) is 0 Å². The molecule has 0 radical (unpaired) electrons. The number of urea groups is 1. The zero-order valence-electron chi connectivity index (χ0n) is 24.3. The van der Waals surface area contributed by atoms with Crippen LogP contribution in [0.2, 0.25) is 0 Å². The summed E-state index contributed by atoms with van der Waals surface area (Å²) < 4.78 is 52.5. The van der Waals surface area contributed by atoms with E-state index >= 15 is 0 Å². The van der Waals surface area contributed by atoms with Crippen LogP contribution in [0.5, 0.6) is 11.5 Å². The fraction of sp³-hybridized carbons (Fsp3) is 0.333. The number of ether oxygens (including phenoxy) is 2. The van der Waals surface area contributed by atoms with E-state index in [1.165, 1.54) is 71.9 Å². The molecule has 3 N–H and O–H groups in total. The molecule has 1 aliphatic heterocycles. The number of amides is 3. The van der Waals surface area contributed by atoms with E-state index in [1.807, 2.05) is 6.92 Å². The molecule has 3 atom stereocenters. The van der Waals surface area contributed by atoms with Gasteiger partial charge in [0.1, 0.15) is 23.4 Å².